The van der Waals surface area contributed by atoms with Crippen LogP contribution in [0.1, 0.15) is 20.7 Å². The predicted octanol–water partition coefficient (Wildman–Crippen LogP) is -6.07. The summed E-state index contributed by atoms with van der Waals surface area (Å²) in [5, 5.41) is 133. The molecule has 0 radical (unpaired) electrons. The van der Waals surface area contributed by atoms with Crippen molar-refractivity contribution in [3.05, 3.63) is 47.5 Å². The second kappa shape index (κ2) is 27.6. The number of carboxylic acid groups (broad SMARTS) is 2. The minimum atomic E-state index is -2.03. The number of hydrogen-bond acceptors (Lipinski definition) is 29. The van der Waals surface area contributed by atoms with Crippen molar-refractivity contribution in [1.82, 2.24) is 10.6 Å². The number of nitrogen functional groups attached to an aromatic ring is 2. The van der Waals surface area contributed by atoms with E-state index in [1.165, 1.54) is 50.5 Å². The van der Waals surface area contributed by atoms with E-state index in [1.54, 1.807) is 0 Å². The van der Waals surface area contributed by atoms with Gasteiger partial charge in [0.1, 0.15) is 59.2 Å². The van der Waals surface area contributed by atoms with Crippen molar-refractivity contribution >= 4 is 35.3 Å². The number of anilines is 2. The molecular formula is C46H66N4O27. The fraction of sp³-hybridized carbons (Fsp3) is 0.652. The molecule has 31 heteroatoms. The van der Waals surface area contributed by atoms with E-state index < -0.39 is 211 Å². The Labute approximate surface area is 437 Å². The highest BCUT2D eigenvalue weighted by molar-refractivity contribution is 5.94. The lowest BCUT2D eigenvalue weighted by Crippen LogP contribution is -2.64. The third-order valence-corrected chi connectivity index (χ3v) is 13.5. The number of carbonyl (C=O) groups is 4. The van der Waals surface area contributed by atoms with Crippen LogP contribution in [0.4, 0.5) is 11.4 Å². The standard InChI is InChI=1S/C46H66N4O27/c1-49-29-21(10-70-46-37(59)34(56)35(57)39(77-46)41(62)63)31(53)27(13-68-15-72-42(64)19-7-17(47)3-5-24(19)51)74-26(29)12-67-9-23-33(55)36(58)45(76-38(23)40(60)61)71-11-22-30(50-2)44(66)75-28(32(22)54)14-69-16-73-43(65)20-8-18(48)4-6-25(20)52/h3-8,21-23,26-39,44-46,49-59,66H,9-16,47-48H2,1-2H3,(H,60,61)(H,62,63)/t21-,22-,23-,26+,27?,28?,29?,30?,31-,32-,33+,34+,35-,36?,37?,38?,39?,44-,45-,46-/m1/s1. The van der Waals surface area contributed by atoms with E-state index in [-0.39, 0.29) is 22.5 Å². The van der Waals surface area contributed by atoms with E-state index in [0.717, 1.165) is 0 Å². The highest BCUT2D eigenvalue weighted by atomic mass is 16.7. The van der Waals surface area contributed by atoms with E-state index >= 15 is 0 Å². The monoisotopic (exact) mass is 1110 g/mol. The van der Waals surface area contributed by atoms with Crippen LogP contribution in [0.3, 0.4) is 0 Å². The molecule has 18 N–H and O–H groups in total. The first kappa shape index (κ1) is 61.0. The number of likely N-dealkylation sites (N-methyl/N-ethyl adjacent to an activating group) is 2. The summed E-state index contributed by atoms with van der Waals surface area (Å²) in [7, 11) is 2.89. The Bertz CT molecular complexity index is 2290. The molecule has 0 bridgehead atoms. The van der Waals surface area contributed by atoms with Gasteiger partial charge in [-0.05, 0) is 50.5 Å². The Morgan fingerprint density at radius 3 is 1.45 bits per heavy atom. The number of nitrogens with two attached hydrogens (primary N) is 2. The number of aliphatic carboxylic acids is 2. The van der Waals surface area contributed by atoms with Gasteiger partial charge in [0.25, 0.3) is 0 Å². The molecule has 4 heterocycles. The zero-order valence-corrected chi connectivity index (χ0v) is 41.3. The highest BCUT2D eigenvalue weighted by Crippen LogP contribution is 2.34. The highest BCUT2D eigenvalue weighted by Gasteiger charge is 2.52. The number of aromatic hydroxyl groups is 2. The fourth-order valence-electron chi connectivity index (χ4n) is 9.29. The lowest BCUT2D eigenvalue weighted by molar-refractivity contribution is -0.304. The molecule has 20 atom stereocenters. The number of phenols is 2. The van der Waals surface area contributed by atoms with Gasteiger partial charge in [-0.3, -0.25) is 0 Å². The van der Waals surface area contributed by atoms with E-state index in [2.05, 4.69) is 10.6 Å². The molecule has 0 aliphatic carbocycles. The van der Waals surface area contributed by atoms with Gasteiger partial charge in [0, 0.05) is 35.2 Å². The minimum Gasteiger partial charge on any atom is -0.507 e. The number of carbonyl (C=O) groups excluding carboxylic acids is 2. The van der Waals surface area contributed by atoms with Crippen molar-refractivity contribution in [2.75, 3.05) is 78.8 Å². The number of aliphatic hydroxyl groups is 8. The Hall–Kier alpha value is -5.24. The Morgan fingerprint density at radius 2 is 0.961 bits per heavy atom. The number of ether oxygens (including phenoxy) is 11. The molecule has 0 amide bonds. The van der Waals surface area contributed by atoms with Crippen LogP contribution in [0.5, 0.6) is 11.5 Å². The Balaban J connectivity index is 1.08. The molecule has 4 saturated heterocycles. The molecule has 0 spiro atoms. The summed E-state index contributed by atoms with van der Waals surface area (Å²) in [4.78, 5) is 49.5. The first-order chi connectivity index (χ1) is 36.6. The zero-order chi connectivity index (χ0) is 56.4. The Kier molecular flexibility index (Phi) is 21.8. The smallest absolute Gasteiger partial charge is 0.344 e. The number of aliphatic hydroxyl groups excluding tert-OH is 8. The van der Waals surface area contributed by atoms with E-state index in [0.29, 0.717) is 0 Å². The first-order valence-corrected chi connectivity index (χ1v) is 23.9. The van der Waals surface area contributed by atoms with E-state index in [4.69, 9.17) is 63.6 Å². The lowest BCUT2D eigenvalue weighted by atomic mass is 9.84. The maximum atomic E-state index is 12.6. The van der Waals surface area contributed by atoms with Crippen LogP contribution in [0, 0.1) is 17.8 Å². The van der Waals surface area contributed by atoms with Crippen molar-refractivity contribution in [3.8, 4) is 11.5 Å². The van der Waals surface area contributed by atoms with Crippen LogP contribution in [0.2, 0.25) is 0 Å². The van der Waals surface area contributed by atoms with Crippen LogP contribution < -0.4 is 22.1 Å². The van der Waals surface area contributed by atoms with Gasteiger partial charge >= 0.3 is 23.9 Å². The third kappa shape index (κ3) is 14.7. The molecule has 2 aromatic rings. The summed E-state index contributed by atoms with van der Waals surface area (Å²) in [6.07, 6.45) is -25.8. The van der Waals surface area contributed by atoms with Crippen molar-refractivity contribution < 1.29 is 133 Å². The van der Waals surface area contributed by atoms with E-state index in [9.17, 15) is 80.5 Å². The molecule has 0 aromatic heterocycles. The van der Waals surface area contributed by atoms with Gasteiger partial charge in [-0.15, -0.1) is 0 Å². The normalized spacial score (nSPS) is 35.5. The number of rotatable bonds is 24. The summed E-state index contributed by atoms with van der Waals surface area (Å²) >= 11 is 0. The molecule has 4 aliphatic heterocycles. The van der Waals surface area contributed by atoms with Crippen LogP contribution in [0.25, 0.3) is 0 Å². The predicted molar refractivity (Wildman–Crippen MR) is 251 cm³/mol. The summed E-state index contributed by atoms with van der Waals surface area (Å²) < 4.78 is 60.9. The number of benzene rings is 2. The second-order valence-electron chi connectivity index (χ2n) is 18.5. The van der Waals surface area contributed by atoms with Gasteiger partial charge in [-0.1, -0.05) is 0 Å². The molecule has 2 aromatic carbocycles. The average Bonchev–Trinajstić information content (AvgIpc) is 3.40. The number of esters is 2. The molecule has 4 aliphatic rings. The molecule has 77 heavy (non-hydrogen) atoms. The molecule has 0 saturated carbocycles. The van der Waals surface area contributed by atoms with Gasteiger partial charge in [-0.2, -0.15) is 0 Å². The third-order valence-electron chi connectivity index (χ3n) is 13.5. The molecule has 8 unspecified atom stereocenters. The van der Waals surface area contributed by atoms with Crippen molar-refractivity contribution in [2.24, 2.45) is 17.8 Å². The number of phenolic OH excluding ortho intramolecular Hbond substituents is 2. The summed E-state index contributed by atoms with van der Waals surface area (Å²) in [5.41, 5.74) is 11.2. The summed E-state index contributed by atoms with van der Waals surface area (Å²) in [6, 6.07) is 5.45. The fourth-order valence-corrected chi connectivity index (χ4v) is 9.29. The summed E-state index contributed by atoms with van der Waals surface area (Å²) in [5.74, 6) is -9.77. The summed E-state index contributed by atoms with van der Waals surface area (Å²) in [6.45, 7) is -4.53. The topological polar surface area (TPSA) is 489 Å². The van der Waals surface area contributed by atoms with Crippen LogP contribution in [-0.2, 0) is 61.7 Å². The van der Waals surface area contributed by atoms with Crippen molar-refractivity contribution in [2.45, 2.75) is 104 Å². The zero-order valence-electron chi connectivity index (χ0n) is 41.3. The maximum absolute atomic E-state index is 12.6. The molecule has 31 nitrogen and oxygen atoms in total. The second-order valence-corrected chi connectivity index (χ2v) is 18.5. The molecule has 4 fully saturated rings. The first-order valence-electron chi connectivity index (χ1n) is 23.9. The van der Waals surface area contributed by atoms with Crippen LogP contribution in [-0.4, -0.2) is 257 Å². The average molecular weight is 1110 g/mol. The van der Waals surface area contributed by atoms with Crippen molar-refractivity contribution in [1.29, 1.82) is 0 Å². The lowest BCUT2D eigenvalue weighted by Gasteiger charge is -2.46. The number of nitrogens with one attached hydrogen (secondary N) is 2. The minimum absolute atomic E-state index is 0.149. The SMILES string of the molecule is CNC1[C@H](O)OC(COCOC(=O)c2cc(N)ccc2O)[C@H](O)[C@@H]1CO[C@@H]1OC(C(=O)O)[C@H](COC[C@@H]2OC(COCOC(=O)c3cc(N)ccc3O)[C@H](O)[C@H](CO[C@@H]3OC(C(=O)O)[C@H](O)[C@H](O)C3O)C2NC)[C@H](O)C1O. The molecule has 6 rings (SSSR count). The molecular weight excluding hydrogens is 1040 g/mol. The van der Waals surface area contributed by atoms with Crippen LogP contribution in [0.15, 0.2) is 36.4 Å². The number of hydrogen-bond donors (Lipinski definition) is 16. The van der Waals surface area contributed by atoms with Gasteiger partial charge < -0.3 is 135 Å². The largest absolute Gasteiger partial charge is 0.507 e. The van der Waals surface area contributed by atoms with Gasteiger partial charge in [0.15, 0.2) is 44.7 Å². The number of carboxylic acids is 2. The molecule has 432 valence electrons. The quantitative estimate of drug-likeness (QED) is 0.0153. The van der Waals surface area contributed by atoms with Gasteiger partial charge in [0.05, 0.1) is 70.1 Å². The van der Waals surface area contributed by atoms with E-state index in [1.807, 2.05) is 0 Å². The van der Waals surface area contributed by atoms with Crippen molar-refractivity contribution in [3.63, 3.8) is 0 Å². The Morgan fingerprint density at radius 1 is 0.506 bits per heavy atom. The van der Waals surface area contributed by atoms with Crippen LogP contribution >= 0.6 is 0 Å². The maximum Gasteiger partial charge on any atom is 0.344 e. The van der Waals surface area contributed by atoms with Gasteiger partial charge in [-0.25, -0.2) is 19.2 Å². The van der Waals surface area contributed by atoms with Gasteiger partial charge in [0.2, 0.25) is 0 Å².